The van der Waals surface area contributed by atoms with Crippen LogP contribution in [0.3, 0.4) is 0 Å². The van der Waals surface area contributed by atoms with Gasteiger partial charge in [-0.25, -0.2) is 18.2 Å². The number of fused-ring (bicyclic) bond motifs is 1. The van der Waals surface area contributed by atoms with Gasteiger partial charge in [0.25, 0.3) is 0 Å². The van der Waals surface area contributed by atoms with Gasteiger partial charge < -0.3 is 10.4 Å². The molecule has 0 spiro atoms. The van der Waals surface area contributed by atoms with E-state index in [1.165, 1.54) is 6.07 Å². The summed E-state index contributed by atoms with van der Waals surface area (Å²) in [5.74, 6) is -0.786. The number of carboxylic acids is 1. The van der Waals surface area contributed by atoms with Crippen LogP contribution in [0.2, 0.25) is 0 Å². The molecule has 1 heterocycles. The summed E-state index contributed by atoms with van der Waals surface area (Å²) in [5, 5.41) is 13.4. The highest BCUT2D eigenvalue weighted by atomic mass is 32.2. The van der Waals surface area contributed by atoms with Crippen LogP contribution in [0, 0.1) is 0 Å². The van der Waals surface area contributed by atoms with E-state index in [0.717, 1.165) is 17.0 Å². The molecule has 0 bridgehead atoms. The summed E-state index contributed by atoms with van der Waals surface area (Å²) >= 11 is 0. The molecule has 1 aromatic heterocycles. The number of carboxylic acid groups (broad SMARTS) is 1. The first-order valence-corrected chi connectivity index (χ1v) is 7.97. The first-order valence-electron chi connectivity index (χ1n) is 5.91. The Labute approximate surface area is 116 Å². The zero-order valence-electron chi connectivity index (χ0n) is 10.8. The monoisotopic (exact) mass is 294 g/mol. The van der Waals surface area contributed by atoms with Gasteiger partial charge in [-0.2, -0.15) is 0 Å². The van der Waals surface area contributed by atoms with Crippen LogP contribution >= 0.6 is 0 Å². The van der Waals surface area contributed by atoms with Gasteiger partial charge in [0, 0.05) is 18.2 Å². The normalized spacial score (nSPS) is 11.4. The Kier molecular flexibility index (Phi) is 3.89. The van der Waals surface area contributed by atoms with Crippen LogP contribution in [-0.2, 0) is 9.84 Å². The average Bonchev–Trinajstić information content (AvgIpc) is 2.36. The van der Waals surface area contributed by atoms with Crippen LogP contribution in [0.25, 0.3) is 10.8 Å². The van der Waals surface area contributed by atoms with Crippen molar-refractivity contribution in [3.05, 3.63) is 36.0 Å². The second-order valence-corrected chi connectivity index (χ2v) is 6.70. The molecular weight excluding hydrogens is 280 g/mol. The van der Waals surface area contributed by atoms with E-state index in [9.17, 15) is 13.2 Å². The standard InChI is InChI=1S/C13H14N2O4S/c1-20(18,19)7-6-14-12-10-5-3-2-4-9(10)8-11(15-12)13(16)17/h2-5,8H,6-7H2,1H3,(H,14,15)(H,16,17). The molecule has 0 aliphatic heterocycles. The summed E-state index contributed by atoms with van der Waals surface area (Å²) in [6, 6.07) is 8.68. The highest BCUT2D eigenvalue weighted by Crippen LogP contribution is 2.22. The number of rotatable bonds is 5. The Balaban J connectivity index is 2.37. The lowest BCUT2D eigenvalue weighted by atomic mass is 10.1. The van der Waals surface area contributed by atoms with Gasteiger partial charge in [0.2, 0.25) is 0 Å². The molecule has 106 valence electrons. The summed E-state index contributed by atoms with van der Waals surface area (Å²) in [6.45, 7) is 0.179. The number of carbonyl (C=O) groups is 1. The van der Waals surface area contributed by atoms with Gasteiger partial charge in [0.05, 0.1) is 5.75 Å². The Morgan fingerprint density at radius 2 is 2.05 bits per heavy atom. The molecule has 2 aromatic rings. The van der Waals surface area contributed by atoms with Gasteiger partial charge in [0.15, 0.2) is 5.69 Å². The van der Waals surface area contributed by atoms with Crippen molar-refractivity contribution >= 4 is 32.4 Å². The lowest BCUT2D eigenvalue weighted by molar-refractivity contribution is 0.0691. The largest absolute Gasteiger partial charge is 0.477 e. The van der Waals surface area contributed by atoms with Gasteiger partial charge in [-0.05, 0) is 11.5 Å². The number of aromatic nitrogens is 1. The van der Waals surface area contributed by atoms with E-state index < -0.39 is 15.8 Å². The van der Waals surface area contributed by atoms with Crippen molar-refractivity contribution < 1.29 is 18.3 Å². The number of hydrogen-bond acceptors (Lipinski definition) is 5. The highest BCUT2D eigenvalue weighted by Gasteiger charge is 2.11. The summed E-state index contributed by atoms with van der Waals surface area (Å²) in [7, 11) is -3.08. The fourth-order valence-electron chi connectivity index (χ4n) is 1.80. The van der Waals surface area contributed by atoms with E-state index in [4.69, 9.17) is 5.11 Å². The Bertz CT molecular complexity index is 756. The molecule has 0 unspecified atom stereocenters. The number of anilines is 1. The maximum absolute atomic E-state index is 11.1. The topological polar surface area (TPSA) is 96.4 Å². The molecule has 0 aliphatic carbocycles. The van der Waals surface area contributed by atoms with Gasteiger partial charge in [-0.15, -0.1) is 0 Å². The van der Waals surface area contributed by atoms with Crippen LogP contribution in [-0.4, -0.2) is 43.0 Å². The second kappa shape index (κ2) is 5.46. The second-order valence-electron chi connectivity index (χ2n) is 4.44. The SMILES string of the molecule is CS(=O)(=O)CCNc1nc(C(=O)O)cc2ccccc12. The van der Waals surface area contributed by atoms with Gasteiger partial charge in [-0.3, -0.25) is 0 Å². The lowest BCUT2D eigenvalue weighted by Crippen LogP contribution is -2.15. The van der Waals surface area contributed by atoms with E-state index >= 15 is 0 Å². The average molecular weight is 294 g/mol. The zero-order chi connectivity index (χ0) is 14.8. The van der Waals surface area contributed by atoms with Gasteiger partial charge in [-0.1, -0.05) is 24.3 Å². The van der Waals surface area contributed by atoms with E-state index in [0.29, 0.717) is 5.82 Å². The summed E-state index contributed by atoms with van der Waals surface area (Å²) in [5.41, 5.74) is -0.0782. The molecule has 0 radical (unpaired) electrons. The molecule has 0 aliphatic rings. The highest BCUT2D eigenvalue weighted by molar-refractivity contribution is 7.90. The molecule has 0 atom stereocenters. The molecule has 20 heavy (non-hydrogen) atoms. The summed E-state index contributed by atoms with van der Waals surface area (Å²) in [6.07, 6.45) is 1.15. The van der Waals surface area contributed by atoms with Crippen molar-refractivity contribution in [3.8, 4) is 0 Å². The summed E-state index contributed by atoms with van der Waals surface area (Å²) in [4.78, 5) is 15.1. The minimum absolute atomic E-state index is 0.0414. The van der Waals surface area contributed by atoms with Crippen molar-refractivity contribution in [2.24, 2.45) is 0 Å². The van der Waals surface area contributed by atoms with Gasteiger partial charge in [0.1, 0.15) is 15.7 Å². The third kappa shape index (κ3) is 3.45. The number of hydrogen-bond donors (Lipinski definition) is 2. The number of aromatic carboxylic acids is 1. The molecule has 0 saturated carbocycles. The van der Waals surface area contributed by atoms with E-state index in [-0.39, 0.29) is 18.0 Å². The zero-order valence-corrected chi connectivity index (χ0v) is 11.6. The maximum Gasteiger partial charge on any atom is 0.354 e. The third-order valence-electron chi connectivity index (χ3n) is 2.72. The number of sulfone groups is 1. The van der Waals surface area contributed by atoms with Crippen LogP contribution in [0.4, 0.5) is 5.82 Å². The molecule has 7 heteroatoms. The minimum atomic E-state index is -3.08. The van der Waals surface area contributed by atoms with Crippen LogP contribution in [0.5, 0.6) is 0 Å². The quantitative estimate of drug-likeness (QED) is 0.865. The van der Waals surface area contributed by atoms with Crippen molar-refractivity contribution in [2.45, 2.75) is 0 Å². The first-order chi connectivity index (χ1) is 9.37. The molecule has 1 aromatic carbocycles. The van der Waals surface area contributed by atoms with Crippen molar-refractivity contribution in [3.63, 3.8) is 0 Å². The van der Waals surface area contributed by atoms with Crippen molar-refractivity contribution in [1.82, 2.24) is 4.98 Å². The van der Waals surface area contributed by atoms with Crippen LogP contribution in [0.1, 0.15) is 10.5 Å². The van der Waals surface area contributed by atoms with Crippen molar-refractivity contribution in [1.29, 1.82) is 0 Å². The minimum Gasteiger partial charge on any atom is -0.477 e. The van der Waals surface area contributed by atoms with Crippen LogP contribution in [0.15, 0.2) is 30.3 Å². The molecule has 6 nitrogen and oxygen atoms in total. The smallest absolute Gasteiger partial charge is 0.354 e. The molecule has 2 rings (SSSR count). The Morgan fingerprint density at radius 1 is 1.35 bits per heavy atom. The number of nitrogens with zero attached hydrogens (tertiary/aromatic N) is 1. The van der Waals surface area contributed by atoms with E-state index in [1.807, 2.05) is 6.07 Å². The Hall–Kier alpha value is -2.15. The van der Waals surface area contributed by atoms with Crippen molar-refractivity contribution in [2.75, 3.05) is 23.9 Å². The molecule has 0 fully saturated rings. The third-order valence-corrected chi connectivity index (χ3v) is 3.67. The first kappa shape index (κ1) is 14.3. The van der Waals surface area contributed by atoms with Gasteiger partial charge >= 0.3 is 5.97 Å². The van der Waals surface area contributed by atoms with E-state index in [2.05, 4.69) is 10.3 Å². The predicted octanol–water partition coefficient (Wildman–Crippen LogP) is 1.39. The predicted molar refractivity (Wildman–Crippen MR) is 76.9 cm³/mol. The number of benzene rings is 1. The molecule has 0 saturated heterocycles. The molecular formula is C13H14N2O4S. The number of pyridine rings is 1. The molecule has 2 N–H and O–H groups in total. The number of nitrogens with one attached hydrogen (secondary N) is 1. The fourth-order valence-corrected chi connectivity index (χ4v) is 2.27. The molecule has 0 amide bonds. The summed E-state index contributed by atoms with van der Waals surface area (Å²) < 4.78 is 22.2. The fraction of sp³-hybridized carbons (Fsp3) is 0.231. The Morgan fingerprint density at radius 3 is 2.70 bits per heavy atom. The lowest BCUT2D eigenvalue weighted by Gasteiger charge is -2.09. The van der Waals surface area contributed by atoms with E-state index in [1.54, 1.807) is 18.2 Å². The maximum atomic E-state index is 11.1. The van der Waals surface area contributed by atoms with Crippen LogP contribution < -0.4 is 5.32 Å².